The number of nitrogens with one attached hydrogen (secondary N) is 1. The topological polar surface area (TPSA) is 58.6 Å². The van der Waals surface area contributed by atoms with Crippen LogP contribution in [0.1, 0.15) is 31.9 Å². The Labute approximate surface area is 185 Å². The normalized spacial score (nSPS) is 11.8. The number of halogens is 2. The van der Waals surface area contributed by atoms with Crippen LogP contribution in [0.3, 0.4) is 0 Å². The van der Waals surface area contributed by atoms with E-state index in [4.69, 9.17) is 16.3 Å². The number of aryl methyl sites for hydroxylation is 1. The van der Waals surface area contributed by atoms with Crippen LogP contribution in [0.5, 0.6) is 5.75 Å². The van der Waals surface area contributed by atoms with E-state index in [-0.39, 0.29) is 31.0 Å². The third-order valence-electron chi connectivity index (χ3n) is 4.33. The molecule has 2 aromatic rings. The van der Waals surface area contributed by atoms with Gasteiger partial charge in [0.15, 0.2) is 6.61 Å². The molecule has 1 N–H and O–H groups in total. The van der Waals surface area contributed by atoms with E-state index >= 15 is 0 Å². The average molecular weight is 482 g/mol. The van der Waals surface area contributed by atoms with E-state index in [1.54, 1.807) is 25.1 Å². The quantitative estimate of drug-likeness (QED) is 0.593. The highest BCUT2D eigenvalue weighted by molar-refractivity contribution is 9.10. The lowest BCUT2D eigenvalue weighted by molar-refractivity contribution is -0.142. The Morgan fingerprint density at radius 1 is 1.17 bits per heavy atom. The van der Waals surface area contributed by atoms with Gasteiger partial charge < -0.3 is 15.0 Å². The van der Waals surface area contributed by atoms with Crippen molar-refractivity contribution in [3.05, 3.63) is 63.1 Å². The van der Waals surface area contributed by atoms with E-state index < -0.39 is 6.04 Å². The summed E-state index contributed by atoms with van der Waals surface area (Å²) in [6.45, 7) is 7.52. The maximum Gasteiger partial charge on any atom is 0.261 e. The minimum atomic E-state index is -0.654. The van der Waals surface area contributed by atoms with Crippen LogP contribution in [-0.4, -0.2) is 35.4 Å². The molecule has 1 atom stereocenters. The fourth-order valence-corrected chi connectivity index (χ4v) is 3.21. The summed E-state index contributed by atoms with van der Waals surface area (Å²) in [5.74, 6) is 0.104. The minimum Gasteiger partial charge on any atom is -0.484 e. The summed E-state index contributed by atoms with van der Waals surface area (Å²) in [6, 6.07) is 12.1. The standard InChI is InChI=1S/C22H26BrClN2O3/c1-14(2)25-22(28)16(4)26(12-17-6-5-7-18(24)11-17)21(27)13-29-19-8-9-20(23)15(3)10-19/h5-11,14,16H,12-13H2,1-4H3,(H,25,28). The maximum absolute atomic E-state index is 13.0. The van der Waals surface area contributed by atoms with Gasteiger partial charge in [-0.2, -0.15) is 0 Å². The summed E-state index contributed by atoms with van der Waals surface area (Å²) in [5, 5.41) is 3.44. The molecule has 0 bridgehead atoms. The second-order valence-corrected chi connectivity index (χ2v) is 8.48. The lowest BCUT2D eigenvalue weighted by atomic mass is 10.1. The molecule has 0 fully saturated rings. The predicted octanol–water partition coefficient (Wildman–Crippen LogP) is 4.73. The molecule has 0 aliphatic heterocycles. The van der Waals surface area contributed by atoms with Crippen LogP contribution >= 0.6 is 27.5 Å². The lowest BCUT2D eigenvalue weighted by Crippen LogP contribution is -2.50. The summed E-state index contributed by atoms with van der Waals surface area (Å²) >= 11 is 9.52. The number of ether oxygens (including phenoxy) is 1. The Bertz CT molecular complexity index is 873. The zero-order valence-electron chi connectivity index (χ0n) is 17.0. The highest BCUT2D eigenvalue weighted by Gasteiger charge is 2.27. The van der Waals surface area contributed by atoms with Gasteiger partial charge in [-0.25, -0.2) is 0 Å². The first-order valence-corrected chi connectivity index (χ1v) is 10.6. The van der Waals surface area contributed by atoms with Gasteiger partial charge in [0.2, 0.25) is 5.91 Å². The molecule has 0 heterocycles. The van der Waals surface area contributed by atoms with Gasteiger partial charge in [-0.15, -0.1) is 0 Å². The van der Waals surface area contributed by atoms with Crippen molar-refractivity contribution >= 4 is 39.3 Å². The van der Waals surface area contributed by atoms with Crippen molar-refractivity contribution in [2.45, 2.75) is 46.3 Å². The van der Waals surface area contributed by atoms with Crippen molar-refractivity contribution < 1.29 is 14.3 Å². The van der Waals surface area contributed by atoms with Crippen LogP contribution < -0.4 is 10.1 Å². The van der Waals surface area contributed by atoms with Crippen molar-refractivity contribution in [1.82, 2.24) is 10.2 Å². The predicted molar refractivity (Wildman–Crippen MR) is 119 cm³/mol. The molecule has 0 radical (unpaired) electrons. The van der Waals surface area contributed by atoms with Crippen LogP contribution in [0.2, 0.25) is 5.02 Å². The molecule has 156 valence electrons. The third kappa shape index (κ3) is 7.05. The summed E-state index contributed by atoms with van der Waals surface area (Å²) in [7, 11) is 0. The average Bonchev–Trinajstić information content (AvgIpc) is 2.65. The van der Waals surface area contributed by atoms with Gasteiger partial charge in [0.1, 0.15) is 11.8 Å². The van der Waals surface area contributed by atoms with Crippen molar-refractivity contribution in [1.29, 1.82) is 0 Å². The first kappa shape index (κ1) is 23.2. The second kappa shape index (κ2) is 10.6. The first-order valence-electron chi connectivity index (χ1n) is 9.40. The summed E-state index contributed by atoms with van der Waals surface area (Å²) in [6.07, 6.45) is 0. The van der Waals surface area contributed by atoms with Crippen molar-refractivity contribution in [2.24, 2.45) is 0 Å². The van der Waals surface area contributed by atoms with Crippen molar-refractivity contribution in [2.75, 3.05) is 6.61 Å². The number of amides is 2. The number of benzene rings is 2. The monoisotopic (exact) mass is 480 g/mol. The maximum atomic E-state index is 13.0. The van der Waals surface area contributed by atoms with Gasteiger partial charge >= 0.3 is 0 Å². The molecule has 1 unspecified atom stereocenters. The minimum absolute atomic E-state index is 0.0185. The summed E-state index contributed by atoms with van der Waals surface area (Å²) in [4.78, 5) is 27.0. The van der Waals surface area contributed by atoms with Crippen LogP contribution in [-0.2, 0) is 16.1 Å². The number of hydrogen-bond donors (Lipinski definition) is 1. The van der Waals surface area contributed by atoms with Crippen LogP contribution in [0, 0.1) is 6.92 Å². The van der Waals surface area contributed by atoms with Gasteiger partial charge in [0.25, 0.3) is 5.91 Å². The van der Waals surface area contributed by atoms with E-state index in [9.17, 15) is 9.59 Å². The molecule has 2 aromatic carbocycles. The number of carbonyl (C=O) groups excluding carboxylic acids is 2. The van der Waals surface area contributed by atoms with Gasteiger partial charge in [0, 0.05) is 22.1 Å². The zero-order valence-corrected chi connectivity index (χ0v) is 19.4. The fourth-order valence-electron chi connectivity index (χ4n) is 2.75. The highest BCUT2D eigenvalue weighted by Crippen LogP contribution is 2.22. The van der Waals surface area contributed by atoms with Crippen molar-refractivity contribution in [3.63, 3.8) is 0 Å². The molecule has 29 heavy (non-hydrogen) atoms. The molecule has 0 aliphatic carbocycles. The highest BCUT2D eigenvalue weighted by atomic mass is 79.9. The van der Waals surface area contributed by atoms with Crippen LogP contribution in [0.25, 0.3) is 0 Å². The molecule has 0 spiro atoms. The summed E-state index contributed by atoms with van der Waals surface area (Å²) in [5.41, 5.74) is 1.85. The zero-order chi connectivity index (χ0) is 21.6. The molecule has 2 amide bonds. The molecular formula is C22H26BrClN2O3. The Kier molecular flexibility index (Phi) is 8.53. The Balaban J connectivity index is 2.16. The molecule has 7 heteroatoms. The Morgan fingerprint density at radius 2 is 1.90 bits per heavy atom. The van der Waals surface area contributed by atoms with Crippen LogP contribution in [0.4, 0.5) is 0 Å². The second-order valence-electron chi connectivity index (χ2n) is 7.19. The van der Waals surface area contributed by atoms with Crippen molar-refractivity contribution in [3.8, 4) is 5.75 Å². The largest absolute Gasteiger partial charge is 0.484 e. The lowest BCUT2D eigenvalue weighted by Gasteiger charge is -2.29. The molecule has 5 nitrogen and oxygen atoms in total. The molecule has 2 rings (SSSR count). The van der Waals surface area contributed by atoms with Crippen LogP contribution in [0.15, 0.2) is 46.9 Å². The van der Waals surface area contributed by atoms with Gasteiger partial charge in [-0.3, -0.25) is 9.59 Å². The molecular weight excluding hydrogens is 456 g/mol. The van der Waals surface area contributed by atoms with E-state index in [0.29, 0.717) is 10.8 Å². The SMILES string of the molecule is Cc1cc(OCC(=O)N(Cc2cccc(Cl)c2)C(C)C(=O)NC(C)C)ccc1Br. The van der Waals surface area contributed by atoms with Gasteiger partial charge in [-0.1, -0.05) is 39.7 Å². The van der Waals surface area contributed by atoms with E-state index in [1.807, 2.05) is 45.0 Å². The number of hydrogen-bond acceptors (Lipinski definition) is 3. The smallest absolute Gasteiger partial charge is 0.261 e. The van der Waals surface area contributed by atoms with Gasteiger partial charge in [-0.05, 0) is 69.2 Å². The Morgan fingerprint density at radius 3 is 2.52 bits per heavy atom. The molecule has 0 aromatic heterocycles. The third-order valence-corrected chi connectivity index (χ3v) is 5.46. The Hall–Kier alpha value is -2.05. The van der Waals surface area contributed by atoms with E-state index in [0.717, 1.165) is 15.6 Å². The fraction of sp³-hybridized carbons (Fsp3) is 0.364. The number of rotatable bonds is 8. The van der Waals surface area contributed by atoms with E-state index in [1.165, 1.54) is 4.90 Å². The summed E-state index contributed by atoms with van der Waals surface area (Å²) < 4.78 is 6.66. The molecule has 0 saturated heterocycles. The van der Waals surface area contributed by atoms with Gasteiger partial charge in [0.05, 0.1) is 0 Å². The number of carbonyl (C=O) groups is 2. The number of nitrogens with zero attached hydrogens (tertiary/aromatic N) is 1. The van der Waals surface area contributed by atoms with E-state index in [2.05, 4.69) is 21.2 Å². The molecule has 0 aliphatic rings. The first-order chi connectivity index (χ1) is 13.7. The molecule has 0 saturated carbocycles.